The number of fused-ring (bicyclic) bond motifs is 1. The van der Waals surface area contributed by atoms with Crippen molar-refractivity contribution in [1.29, 1.82) is 0 Å². The molecule has 0 unspecified atom stereocenters. The van der Waals surface area contributed by atoms with E-state index in [1.165, 1.54) is 0 Å². The molecule has 0 aliphatic carbocycles. The zero-order chi connectivity index (χ0) is 17.6. The molecule has 0 spiro atoms. The summed E-state index contributed by atoms with van der Waals surface area (Å²) < 4.78 is 3.36. The molecule has 25 heavy (non-hydrogen) atoms. The fourth-order valence-corrected chi connectivity index (χ4v) is 3.66. The van der Waals surface area contributed by atoms with Gasteiger partial charge in [-0.2, -0.15) is 0 Å². The Morgan fingerprint density at radius 2 is 1.80 bits per heavy atom. The number of aromatic nitrogens is 3. The summed E-state index contributed by atoms with van der Waals surface area (Å²) in [5.41, 5.74) is 4.53. The average molecular weight is 451 g/mol. The van der Waals surface area contributed by atoms with E-state index in [0.717, 1.165) is 32.5 Å². The Morgan fingerprint density at radius 1 is 1.04 bits per heavy atom. The number of H-pyrrole nitrogens is 1. The lowest BCUT2D eigenvalue weighted by molar-refractivity contribution is 1.06. The number of hydrogen-bond acceptors (Lipinski definition) is 2. The Hall–Kier alpha value is -1.66. The molecule has 3 nitrogen and oxygen atoms in total. The van der Waals surface area contributed by atoms with E-state index in [0.29, 0.717) is 14.8 Å². The first-order valence-electron chi connectivity index (χ1n) is 7.35. The third-order valence-electron chi connectivity index (χ3n) is 3.89. The van der Waals surface area contributed by atoms with Crippen molar-refractivity contribution in [2.45, 2.75) is 0 Å². The largest absolute Gasteiger partial charge is 0.339 e. The fraction of sp³-hybridized carbons (Fsp3) is 0. The fourth-order valence-electron chi connectivity index (χ4n) is 2.69. The van der Waals surface area contributed by atoms with Gasteiger partial charge >= 0.3 is 0 Å². The van der Waals surface area contributed by atoms with Gasteiger partial charge in [0.25, 0.3) is 0 Å². The van der Waals surface area contributed by atoms with Crippen LogP contribution in [-0.4, -0.2) is 14.4 Å². The third kappa shape index (κ3) is 3.13. The van der Waals surface area contributed by atoms with Crippen LogP contribution in [0, 0.1) is 4.77 Å². The minimum absolute atomic E-state index is 0.475. The second kappa shape index (κ2) is 6.57. The highest BCUT2D eigenvalue weighted by molar-refractivity contribution is 9.10. The van der Waals surface area contributed by atoms with Crippen LogP contribution >= 0.6 is 51.3 Å². The number of nitrogens with zero attached hydrogens (tertiary/aromatic N) is 2. The minimum Gasteiger partial charge on any atom is -0.339 e. The van der Waals surface area contributed by atoms with Crippen LogP contribution in [0.1, 0.15) is 0 Å². The van der Waals surface area contributed by atoms with Crippen LogP contribution in [0.2, 0.25) is 10.0 Å². The van der Waals surface area contributed by atoms with E-state index in [9.17, 15) is 0 Å². The van der Waals surface area contributed by atoms with Gasteiger partial charge in [0, 0.05) is 33.0 Å². The number of benzene rings is 2. The number of imidazole rings is 1. The second-order valence-electron chi connectivity index (χ2n) is 5.47. The van der Waals surface area contributed by atoms with Crippen LogP contribution in [0.15, 0.2) is 59.3 Å². The molecular weight excluding hydrogens is 441 g/mol. The van der Waals surface area contributed by atoms with Crippen molar-refractivity contribution >= 4 is 57.0 Å². The lowest BCUT2D eigenvalue weighted by Crippen LogP contribution is -1.93. The van der Waals surface area contributed by atoms with Crippen LogP contribution in [0.3, 0.4) is 0 Å². The SMILES string of the molecule is S=c1ncc(-c2ccc(Cl)cc2Cl)c2[nH]c(-c3ccc(Br)cc3)cn12. The number of nitrogens with one attached hydrogen (secondary N) is 1. The molecule has 0 bridgehead atoms. The van der Waals surface area contributed by atoms with Gasteiger partial charge in [0.15, 0.2) is 0 Å². The van der Waals surface area contributed by atoms with E-state index < -0.39 is 0 Å². The van der Waals surface area contributed by atoms with Crippen LogP contribution < -0.4 is 0 Å². The third-order valence-corrected chi connectivity index (χ3v) is 5.27. The standard InChI is InChI=1S/C18H10BrCl2N3S/c19-11-3-1-10(2-4-11)16-9-24-17(23-16)14(8-22-18(24)25)13-6-5-12(20)7-15(13)21/h1-9,23H. The molecule has 0 saturated heterocycles. The van der Waals surface area contributed by atoms with Crippen molar-refractivity contribution in [2.75, 3.05) is 0 Å². The summed E-state index contributed by atoms with van der Waals surface area (Å²) in [5, 5.41) is 1.15. The van der Waals surface area contributed by atoms with Gasteiger partial charge in [0.1, 0.15) is 5.65 Å². The Balaban J connectivity index is 1.96. The Bertz CT molecular complexity index is 1150. The van der Waals surface area contributed by atoms with Crippen molar-refractivity contribution in [3.05, 3.63) is 74.1 Å². The van der Waals surface area contributed by atoms with Crippen molar-refractivity contribution < 1.29 is 0 Å². The Kier molecular flexibility index (Phi) is 4.41. The van der Waals surface area contributed by atoms with E-state index in [1.54, 1.807) is 18.3 Å². The topological polar surface area (TPSA) is 33.1 Å². The first-order valence-corrected chi connectivity index (χ1v) is 9.30. The minimum atomic E-state index is 0.475. The summed E-state index contributed by atoms with van der Waals surface area (Å²) in [6.07, 6.45) is 3.68. The van der Waals surface area contributed by atoms with Gasteiger partial charge in [-0.3, -0.25) is 4.40 Å². The highest BCUT2D eigenvalue weighted by Gasteiger charge is 2.13. The predicted molar refractivity (Wildman–Crippen MR) is 109 cm³/mol. The molecule has 7 heteroatoms. The van der Waals surface area contributed by atoms with Gasteiger partial charge in [0.2, 0.25) is 4.77 Å². The first kappa shape index (κ1) is 16.8. The maximum atomic E-state index is 6.38. The molecule has 0 amide bonds. The molecular formula is C18H10BrCl2N3S. The highest BCUT2D eigenvalue weighted by atomic mass is 79.9. The quantitative estimate of drug-likeness (QED) is 0.341. The maximum Gasteiger partial charge on any atom is 0.205 e. The molecule has 2 aromatic heterocycles. The molecule has 0 radical (unpaired) electrons. The van der Waals surface area contributed by atoms with E-state index >= 15 is 0 Å². The molecule has 0 aliphatic heterocycles. The van der Waals surface area contributed by atoms with Crippen LogP contribution in [0.25, 0.3) is 28.0 Å². The molecule has 2 aromatic carbocycles. The lowest BCUT2D eigenvalue weighted by atomic mass is 10.1. The van der Waals surface area contributed by atoms with Gasteiger partial charge < -0.3 is 4.98 Å². The predicted octanol–water partition coefficient (Wildman–Crippen LogP) is 6.80. The van der Waals surface area contributed by atoms with Gasteiger partial charge in [0.05, 0.1) is 10.7 Å². The molecule has 0 saturated carbocycles. The summed E-state index contributed by atoms with van der Waals surface area (Å²) in [6.45, 7) is 0. The van der Waals surface area contributed by atoms with Gasteiger partial charge in [-0.25, -0.2) is 4.98 Å². The van der Waals surface area contributed by atoms with Crippen LogP contribution in [0.4, 0.5) is 0 Å². The summed E-state index contributed by atoms with van der Waals surface area (Å²) in [4.78, 5) is 7.76. The summed E-state index contributed by atoms with van der Waals surface area (Å²) in [6, 6.07) is 13.5. The molecule has 0 atom stereocenters. The monoisotopic (exact) mass is 449 g/mol. The summed E-state index contributed by atoms with van der Waals surface area (Å²) in [7, 11) is 0. The summed E-state index contributed by atoms with van der Waals surface area (Å²) >= 11 is 21.2. The number of hydrogen-bond donors (Lipinski definition) is 1. The number of rotatable bonds is 2. The summed E-state index contributed by atoms with van der Waals surface area (Å²) in [5.74, 6) is 0. The molecule has 4 rings (SSSR count). The average Bonchev–Trinajstić information content (AvgIpc) is 3.03. The normalized spacial score (nSPS) is 11.2. The van der Waals surface area contributed by atoms with Crippen LogP contribution in [0.5, 0.6) is 0 Å². The van der Waals surface area contributed by atoms with Gasteiger partial charge in [-0.05, 0) is 42.0 Å². The first-order chi connectivity index (χ1) is 12.0. The maximum absolute atomic E-state index is 6.38. The van der Waals surface area contributed by atoms with Gasteiger partial charge in [-0.15, -0.1) is 0 Å². The zero-order valence-corrected chi connectivity index (χ0v) is 16.5. The molecule has 0 aliphatic rings. The van der Waals surface area contributed by atoms with E-state index in [-0.39, 0.29) is 0 Å². The smallest absolute Gasteiger partial charge is 0.205 e. The Morgan fingerprint density at radius 3 is 2.52 bits per heavy atom. The van der Waals surface area contributed by atoms with Crippen molar-refractivity contribution in [3.8, 4) is 22.4 Å². The molecule has 0 fully saturated rings. The number of halogens is 3. The molecule has 124 valence electrons. The van der Waals surface area contributed by atoms with Crippen molar-refractivity contribution in [3.63, 3.8) is 0 Å². The van der Waals surface area contributed by atoms with E-state index in [1.807, 2.05) is 40.9 Å². The van der Waals surface area contributed by atoms with Crippen LogP contribution in [-0.2, 0) is 0 Å². The molecule has 2 heterocycles. The zero-order valence-electron chi connectivity index (χ0n) is 12.6. The highest BCUT2D eigenvalue weighted by Crippen LogP contribution is 2.33. The number of aromatic amines is 1. The van der Waals surface area contributed by atoms with E-state index in [4.69, 9.17) is 35.4 Å². The Labute approximate surface area is 167 Å². The molecule has 1 N–H and O–H groups in total. The van der Waals surface area contributed by atoms with Crippen molar-refractivity contribution in [1.82, 2.24) is 14.4 Å². The molecule has 4 aromatic rings. The van der Waals surface area contributed by atoms with Gasteiger partial charge in [-0.1, -0.05) is 57.3 Å². The van der Waals surface area contributed by atoms with Crippen molar-refractivity contribution in [2.24, 2.45) is 0 Å². The lowest BCUT2D eigenvalue weighted by Gasteiger charge is -2.06. The van der Waals surface area contributed by atoms with E-state index in [2.05, 4.69) is 25.9 Å². The second-order valence-corrected chi connectivity index (χ2v) is 7.60.